The lowest BCUT2D eigenvalue weighted by atomic mass is 10.2. The van der Waals surface area contributed by atoms with E-state index in [9.17, 15) is 4.79 Å². The predicted octanol–water partition coefficient (Wildman–Crippen LogP) is 1.05. The lowest BCUT2D eigenvalue weighted by molar-refractivity contribution is -0.126. The summed E-state index contributed by atoms with van der Waals surface area (Å²) in [7, 11) is 0. The van der Waals surface area contributed by atoms with Gasteiger partial charge in [0.25, 0.3) is 5.91 Å². The number of amides is 1. The van der Waals surface area contributed by atoms with Crippen LogP contribution in [0, 0.1) is 0 Å². The smallest absolute Gasteiger partial charge is 0.253 e. The summed E-state index contributed by atoms with van der Waals surface area (Å²) in [5, 5.41) is 2.82. The summed E-state index contributed by atoms with van der Waals surface area (Å²) in [6.45, 7) is 2.34. The van der Waals surface area contributed by atoms with Gasteiger partial charge in [-0.2, -0.15) is 0 Å². The van der Waals surface area contributed by atoms with E-state index in [0.717, 1.165) is 18.5 Å². The quantitative estimate of drug-likeness (QED) is 0.820. The number of hydrogen-bond acceptors (Lipinski definition) is 4. The van der Waals surface area contributed by atoms with Gasteiger partial charge in [0, 0.05) is 18.4 Å². The first kappa shape index (κ1) is 12.0. The maximum absolute atomic E-state index is 11.9. The highest BCUT2D eigenvalue weighted by Crippen LogP contribution is 2.20. The molecule has 0 saturated carbocycles. The van der Waals surface area contributed by atoms with Crippen LogP contribution in [-0.4, -0.2) is 23.1 Å². The maximum atomic E-state index is 11.9. The number of rotatable bonds is 3. The number of ether oxygens (including phenoxy) is 1. The van der Waals surface area contributed by atoms with Crippen molar-refractivity contribution in [2.75, 3.05) is 5.32 Å². The summed E-state index contributed by atoms with van der Waals surface area (Å²) in [5.41, 5.74) is 6.96. The number of pyridine rings is 1. The fourth-order valence-corrected chi connectivity index (χ4v) is 1.89. The Morgan fingerprint density at radius 3 is 3.12 bits per heavy atom. The van der Waals surface area contributed by atoms with E-state index in [1.807, 2.05) is 6.92 Å². The van der Waals surface area contributed by atoms with E-state index in [-0.39, 0.29) is 18.1 Å². The molecule has 0 aromatic carbocycles. The van der Waals surface area contributed by atoms with Crippen molar-refractivity contribution in [3.8, 4) is 0 Å². The molecule has 0 radical (unpaired) electrons. The Labute approximate surface area is 100 Å². The molecule has 1 saturated heterocycles. The molecule has 5 heteroatoms. The highest BCUT2D eigenvalue weighted by molar-refractivity contribution is 5.94. The van der Waals surface area contributed by atoms with Crippen LogP contribution in [0.3, 0.4) is 0 Å². The molecule has 5 nitrogen and oxygen atoms in total. The SMILES string of the molecule is CC1CCC(C(=O)Nc2ccnc(CN)c2)O1. The summed E-state index contributed by atoms with van der Waals surface area (Å²) in [6, 6.07) is 3.52. The van der Waals surface area contributed by atoms with Gasteiger partial charge in [0.1, 0.15) is 6.10 Å². The molecule has 92 valence electrons. The highest BCUT2D eigenvalue weighted by Gasteiger charge is 2.28. The Morgan fingerprint density at radius 1 is 1.65 bits per heavy atom. The molecule has 1 aromatic heterocycles. The van der Waals surface area contributed by atoms with E-state index in [4.69, 9.17) is 10.5 Å². The third-order valence-electron chi connectivity index (χ3n) is 2.82. The second kappa shape index (κ2) is 5.25. The average molecular weight is 235 g/mol. The Bertz CT molecular complexity index is 408. The topological polar surface area (TPSA) is 77.2 Å². The van der Waals surface area contributed by atoms with E-state index in [2.05, 4.69) is 10.3 Å². The first-order chi connectivity index (χ1) is 8.19. The molecule has 0 aliphatic carbocycles. The number of nitrogens with two attached hydrogens (primary N) is 1. The van der Waals surface area contributed by atoms with E-state index >= 15 is 0 Å². The number of nitrogens with zero attached hydrogens (tertiary/aromatic N) is 1. The van der Waals surface area contributed by atoms with Gasteiger partial charge in [-0.1, -0.05) is 0 Å². The van der Waals surface area contributed by atoms with Crippen molar-refractivity contribution in [2.45, 2.75) is 38.5 Å². The van der Waals surface area contributed by atoms with Crippen LogP contribution in [0.1, 0.15) is 25.5 Å². The fourth-order valence-electron chi connectivity index (χ4n) is 1.89. The van der Waals surface area contributed by atoms with Crippen LogP contribution in [0.2, 0.25) is 0 Å². The molecule has 1 fully saturated rings. The minimum atomic E-state index is -0.334. The lowest BCUT2D eigenvalue weighted by Crippen LogP contribution is -2.27. The molecule has 2 unspecified atom stereocenters. The maximum Gasteiger partial charge on any atom is 0.253 e. The van der Waals surface area contributed by atoms with E-state index in [1.54, 1.807) is 18.3 Å². The first-order valence-electron chi connectivity index (χ1n) is 5.80. The highest BCUT2D eigenvalue weighted by atomic mass is 16.5. The fraction of sp³-hybridized carbons (Fsp3) is 0.500. The van der Waals surface area contributed by atoms with Crippen LogP contribution in [0.25, 0.3) is 0 Å². The molecular formula is C12H17N3O2. The van der Waals surface area contributed by atoms with Gasteiger partial charge in [-0.3, -0.25) is 9.78 Å². The monoisotopic (exact) mass is 235 g/mol. The second-order valence-corrected chi connectivity index (χ2v) is 4.24. The molecule has 0 spiro atoms. The zero-order valence-electron chi connectivity index (χ0n) is 9.85. The van der Waals surface area contributed by atoms with Gasteiger partial charge < -0.3 is 15.8 Å². The Morgan fingerprint density at radius 2 is 2.47 bits per heavy atom. The van der Waals surface area contributed by atoms with Crippen LogP contribution in [0.5, 0.6) is 0 Å². The Hall–Kier alpha value is -1.46. The number of carbonyl (C=O) groups is 1. The van der Waals surface area contributed by atoms with Crippen molar-refractivity contribution < 1.29 is 9.53 Å². The first-order valence-corrected chi connectivity index (χ1v) is 5.80. The van der Waals surface area contributed by atoms with Gasteiger partial charge >= 0.3 is 0 Å². The van der Waals surface area contributed by atoms with Crippen LogP contribution in [-0.2, 0) is 16.1 Å². The van der Waals surface area contributed by atoms with Crippen molar-refractivity contribution in [1.29, 1.82) is 0 Å². The number of aromatic nitrogens is 1. The molecule has 1 amide bonds. The van der Waals surface area contributed by atoms with Gasteiger partial charge in [0.05, 0.1) is 11.8 Å². The van der Waals surface area contributed by atoms with Crippen molar-refractivity contribution in [3.05, 3.63) is 24.0 Å². The molecule has 1 aliphatic heterocycles. The van der Waals surface area contributed by atoms with Crippen LogP contribution in [0.4, 0.5) is 5.69 Å². The number of carbonyl (C=O) groups excluding carboxylic acids is 1. The summed E-state index contributed by atoms with van der Waals surface area (Å²) in [6.07, 6.45) is 3.18. The number of anilines is 1. The Balaban J connectivity index is 1.98. The van der Waals surface area contributed by atoms with Crippen LogP contribution in [0.15, 0.2) is 18.3 Å². The van der Waals surface area contributed by atoms with Gasteiger partial charge in [0.15, 0.2) is 0 Å². The minimum absolute atomic E-state index is 0.0940. The largest absolute Gasteiger partial charge is 0.365 e. The van der Waals surface area contributed by atoms with Gasteiger partial charge in [-0.05, 0) is 31.9 Å². The van der Waals surface area contributed by atoms with E-state index in [1.165, 1.54) is 0 Å². The molecule has 1 aliphatic rings. The molecule has 2 rings (SSSR count). The van der Waals surface area contributed by atoms with Gasteiger partial charge in [-0.25, -0.2) is 0 Å². The van der Waals surface area contributed by atoms with Crippen LogP contribution < -0.4 is 11.1 Å². The molecule has 3 N–H and O–H groups in total. The molecule has 2 atom stereocenters. The van der Waals surface area contributed by atoms with Crippen molar-refractivity contribution in [1.82, 2.24) is 4.98 Å². The summed E-state index contributed by atoms with van der Waals surface area (Å²) >= 11 is 0. The third-order valence-corrected chi connectivity index (χ3v) is 2.82. The van der Waals surface area contributed by atoms with Crippen molar-refractivity contribution >= 4 is 11.6 Å². The molecule has 1 aromatic rings. The molecule has 2 heterocycles. The normalized spacial score (nSPS) is 23.6. The zero-order chi connectivity index (χ0) is 12.3. The number of nitrogens with one attached hydrogen (secondary N) is 1. The lowest BCUT2D eigenvalue weighted by Gasteiger charge is -2.12. The molecule has 0 bridgehead atoms. The molecule has 17 heavy (non-hydrogen) atoms. The third kappa shape index (κ3) is 3.01. The number of hydrogen-bond donors (Lipinski definition) is 2. The zero-order valence-corrected chi connectivity index (χ0v) is 9.85. The second-order valence-electron chi connectivity index (χ2n) is 4.24. The minimum Gasteiger partial charge on any atom is -0.365 e. The predicted molar refractivity (Wildman–Crippen MR) is 64.3 cm³/mol. The Kier molecular flexibility index (Phi) is 3.71. The summed E-state index contributed by atoms with van der Waals surface area (Å²) in [4.78, 5) is 15.9. The summed E-state index contributed by atoms with van der Waals surface area (Å²) in [5.74, 6) is -0.0940. The van der Waals surface area contributed by atoms with Gasteiger partial charge in [-0.15, -0.1) is 0 Å². The van der Waals surface area contributed by atoms with Crippen molar-refractivity contribution in [2.24, 2.45) is 5.73 Å². The van der Waals surface area contributed by atoms with E-state index < -0.39 is 0 Å². The molecular weight excluding hydrogens is 218 g/mol. The average Bonchev–Trinajstić information content (AvgIpc) is 2.76. The standard InChI is InChI=1S/C12H17N3O2/c1-8-2-3-11(17-8)12(16)15-9-4-5-14-10(6-9)7-13/h4-6,8,11H,2-3,7,13H2,1H3,(H,14,15,16). The van der Waals surface area contributed by atoms with Crippen LogP contribution >= 0.6 is 0 Å². The van der Waals surface area contributed by atoms with E-state index in [0.29, 0.717) is 12.2 Å². The van der Waals surface area contributed by atoms with Gasteiger partial charge in [0.2, 0.25) is 0 Å². The van der Waals surface area contributed by atoms with Crippen molar-refractivity contribution in [3.63, 3.8) is 0 Å². The summed E-state index contributed by atoms with van der Waals surface area (Å²) < 4.78 is 5.50.